The Balaban J connectivity index is 1.49. The molecule has 0 saturated heterocycles. The van der Waals surface area contributed by atoms with E-state index >= 15 is 0 Å². The number of ether oxygens (including phenoxy) is 1. The number of hydrogen-bond donors (Lipinski definition) is 2. The average Bonchev–Trinajstić information content (AvgIpc) is 2.73. The van der Waals surface area contributed by atoms with Gasteiger partial charge in [0.15, 0.2) is 11.6 Å². The molecule has 2 amide bonds. The lowest BCUT2D eigenvalue weighted by molar-refractivity contribution is 0.262. The van der Waals surface area contributed by atoms with E-state index in [1.807, 2.05) is 0 Å². The molecule has 0 saturated carbocycles. The normalized spacial score (nSPS) is 10.6. The fraction of sp³-hybridized carbons (Fsp3) is 0. The zero-order chi connectivity index (χ0) is 21.1. The third kappa shape index (κ3) is 4.59. The number of hydrogen-bond acceptors (Lipinski definition) is 4. The molecule has 0 atom stereocenters. The largest absolute Gasteiger partial charge is 0.454 e. The number of nitrogens with one attached hydrogen (secondary N) is 2. The summed E-state index contributed by atoms with van der Waals surface area (Å²) in [6, 6.07) is 13.2. The van der Waals surface area contributed by atoms with E-state index < -0.39 is 11.8 Å². The van der Waals surface area contributed by atoms with Crippen molar-refractivity contribution in [2.45, 2.75) is 0 Å². The first-order valence-electron chi connectivity index (χ1n) is 8.69. The predicted molar refractivity (Wildman–Crippen MR) is 115 cm³/mol. The Morgan fingerprint density at radius 2 is 1.53 bits per heavy atom. The number of amides is 2. The van der Waals surface area contributed by atoms with Crippen LogP contribution in [-0.2, 0) is 0 Å². The minimum absolute atomic E-state index is 0.0504. The molecule has 1 aromatic heterocycles. The van der Waals surface area contributed by atoms with Crippen molar-refractivity contribution >= 4 is 51.6 Å². The third-order valence-corrected chi connectivity index (χ3v) is 4.77. The lowest BCUT2D eigenvalue weighted by Gasteiger charge is -2.11. The first kappa shape index (κ1) is 19.9. The van der Waals surface area contributed by atoms with Crippen molar-refractivity contribution in [3.63, 3.8) is 0 Å². The van der Waals surface area contributed by atoms with Crippen molar-refractivity contribution in [3.05, 3.63) is 82.9 Å². The first-order valence-corrected chi connectivity index (χ1v) is 9.45. The van der Waals surface area contributed by atoms with Crippen LogP contribution in [0.4, 0.5) is 20.6 Å². The van der Waals surface area contributed by atoms with E-state index in [0.717, 1.165) is 0 Å². The van der Waals surface area contributed by atoms with Gasteiger partial charge in [0.05, 0.1) is 21.1 Å². The van der Waals surface area contributed by atoms with Gasteiger partial charge in [0, 0.05) is 35.9 Å². The van der Waals surface area contributed by atoms with Gasteiger partial charge in [-0.3, -0.25) is 9.97 Å². The molecule has 2 N–H and O–H groups in total. The Labute approximate surface area is 180 Å². The number of anilines is 2. The molecule has 0 unspecified atom stereocenters. The van der Waals surface area contributed by atoms with E-state index in [9.17, 15) is 9.18 Å². The molecule has 0 spiro atoms. The average molecular weight is 443 g/mol. The topological polar surface area (TPSA) is 76.1 Å². The lowest BCUT2D eigenvalue weighted by Crippen LogP contribution is -2.19. The maximum Gasteiger partial charge on any atom is 0.323 e. The summed E-state index contributed by atoms with van der Waals surface area (Å²) in [7, 11) is 0. The van der Waals surface area contributed by atoms with E-state index in [0.29, 0.717) is 38.2 Å². The molecular weight excluding hydrogens is 430 g/mol. The number of halogens is 3. The van der Waals surface area contributed by atoms with Crippen molar-refractivity contribution in [1.29, 1.82) is 0 Å². The molecule has 150 valence electrons. The highest BCUT2D eigenvalue weighted by Crippen LogP contribution is 2.29. The van der Waals surface area contributed by atoms with Gasteiger partial charge in [0.25, 0.3) is 0 Å². The van der Waals surface area contributed by atoms with E-state index in [-0.39, 0.29) is 5.75 Å². The number of nitrogens with zero attached hydrogens (tertiary/aromatic N) is 2. The van der Waals surface area contributed by atoms with Gasteiger partial charge >= 0.3 is 6.03 Å². The Hall–Kier alpha value is -3.42. The maximum absolute atomic E-state index is 14.2. The van der Waals surface area contributed by atoms with Crippen LogP contribution in [0.2, 0.25) is 10.0 Å². The van der Waals surface area contributed by atoms with Crippen LogP contribution < -0.4 is 15.4 Å². The molecular formula is C21H13Cl2FN4O2. The molecule has 0 radical (unpaired) electrons. The minimum Gasteiger partial charge on any atom is -0.454 e. The summed E-state index contributed by atoms with van der Waals surface area (Å²) < 4.78 is 19.9. The van der Waals surface area contributed by atoms with Gasteiger partial charge in [-0.15, -0.1) is 0 Å². The van der Waals surface area contributed by atoms with Crippen LogP contribution in [0.3, 0.4) is 0 Å². The van der Waals surface area contributed by atoms with Crippen molar-refractivity contribution in [3.8, 4) is 11.5 Å². The van der Waals surface area contributed by atoms with Crippen LogP contribution in [0.15, 0.2) is 67.0 Å². The molecule has 4 rings (SSSR count). The van der Waals surface area contributed by atoms with E-state index in [4.69, 9.17) is 27.9 Å². The zero-order valence-corrected chi connectivity index (χ0v) is 16.7. The Bertz CT molecular complexity index is 1250. The van der Waals surface area contributed by atoms with Gasteiger partial charge in [-0.1, -0.05) is 23.2 Å². The molecule has 0 fully saturated rings. The first-order chi connectivity index (χ1) is 14.5. The number of fused-ring (bicyclic) bond motifs is 1. The van der Waals surface area contributed by atoms with E-state index in [2.05, 4.69) is 20.6 Å². The van der Waals surface area contributed by atoms with Gasteiger partial charge in [0.1, 0.15) is 5.75 Å². The maximum atomic E-state index is 14.2. The zero-order valence-electron chi connectivity index (χ0n) is 15.2. The van der Waals surface area contributed by atoms with Crippen LogP contribution >= 0.6 is 23.2 Å². The van der Waals surface area contributed by atoms with Gasteiger partial charge < -0.3 is 15.4 Å². The summed E-state index contributed by atoms with van der Waals surface area (Å²) in [6.07, 6.45) is 3.14. The number of rotatable bonds is 4. The van der Waals surface area contributed by atoms with Crippen LogP contribution in [0.25, 0.3) is 11.0 Å². The lowest BCUT2D eigenvalue weighted by atomic mass is 10.2. The fourth-order valence-electron chi connectivity index (χ4n) is 2.66. The van der Waals surface area contributed by atoms with Gasteiger partial charge in [0.2, 0.25) is 0 Å². The van der Waals surface area contributed by atoms with Gasteiger partial charge in [-0.05, 0) is 42.5 Å². The van der Waals surface area contributed by atoms with Crippen molar-refractivity contribution < 1.29 is 13.9 Å². The molecule has 0 aliphatic heterocycles. The molecule has 0 aliphatic rings. The van der Waals surface area contributed by atoms with Crippen LogP contribution in [0.5, 0.6) is 11.5 Å². The summed E-state index contributed by atoms with van der Waals surface area (Å²) in [4.78, 5) is 20.6. The monoisotopic (exact) mass is 442 g/mol. The summed E-state index contributed by atoms with van der Waals surface area (Å²) in [5.74, 6) is -0.241. The molecule has 30 heavy (non-hydrogen) atoms. The van der Waals surface area contributed by atoms with Crippen molar-refractivity contribution in [2.75, 3.05) is 10.6 Å². The van der Waals surface area contributed by atoms with Crippen LogP contribution in [0.1, 0.15) is 0 Å². The second-order valence-corrected chi connectivity index (χ2v) is 6.98. The summed E-state index contributed by atoms with van der Waals surface area (Å²) in [5, 5.41) is 5.92. The molecule has 0 aliphatic carbocycles. The number of urea groups is 1. The molecule has 9 heteroatoms. The van der Waals surface area contributed by atoms with Gasteiger partial charge in [-0.25, -0.2) is 9.18 Å². The standard InChI is InChI=1S/C21H13Cl2FN4O2/c22-15-4-1-12(9-16(15)23)27-21(29)28-13-2-5-17(24)20(10-13)30-14-3-6-18-19(11-14)26-8-7-25-18/h1-11H,(H2,27,28,29). The fourth-order valence-corrected chi connectivity index (χ4v) is 2.96. The van der Waals surface area contributed by atoms with E-state index in [1.165, 1.54) is 24.3 Å². The predicted octanol–water partition coefficient (Wildman–Crippen LogP) is 6.51. The van der Waals surface area contributed by atoms with E-state index in [1.54, 1.807) is 42.7 Å². The SMILES string of the molecule is O=C(Nc1ccc(Cl)c(Cl)c1)Nc1ccc(F)c(Oc2ccc3nccnc3c2)c1. The third-order valence-electron chi connectivity index (χ3n) is 4.04. The summed E-state index contributed by atoms with van der Waals surface area (Å²) in [5.41, 5.74) is 2.10. The number of carbonyl (C=O) groups excluding carboxylic acids is 1. The molecule has 1 heterocycles. The number of carbonyl (C=O) groups is 1. The van der Waals surface area contributed by atoms with Crippen LogP contribution in [-0.4, -0.2) is 16.0 Å². The van der Waals surface area contributed by atoms with Crippen molar-refractivity contribution in [1.82, 2.24) is 9.97 Å². The Morgan fingerprint density at radius 3 is 2.30 bits per heavy atom. The molecule has 3 aromatic carbocycles. The molecule has 0 bridgehead atoms. The highest BCUT2D eigenvalue weighted by atomic mass is 35.5. The quantitative estimate of drug-likeness (QED) is 0.377. The Kier molecular flexibility index (Phi) is 5.65. The second-order valence-electron chi connectivity index (χ2n) is 6.16. The van der Waals surface area contributed by atoms with Crippen molar-refractivity contribution in [2.24, 2.45) is 0 Å². The second kappa shape index (κ2) is 8.52. The summed E-state index contributed by atoms with van der Waals surface area (Å²) in [6.45, 7) is 0. The smallest absolute Gasteiger partial charge is 0.323 e. The summed E-state index contributed by atoms with van der Waals surface area (Å²) >= 11 is 11.8. The Morgan fingerprint density at radius 1 is 0.833 bits per heavy atom. The highest BCUT2D eigenvalue weighted by Gasteiger charge is 2.10. The highest BCUT2D eigenvalue weighted by molar-refractivity contribution is 6.42. The number of aromatic nitrogens is 2. The van der Waals surface area contributed by atoms with Gasteiger partial charge in [-0.2, -0.15) is 0 Å². The minimum atomic E-state index is -0.579. The molecule has 4 aromatic rings. The molecule has 6 nitrogen and oxygen atoms in total. The number of benzene rings is 3. The van der Waals surface area contributed by atoms with Crippen LogP contribution in [0, 0.1) is 5.82 Å².